The van der Waals surface area contributed by atoms with Crippen LogP contribution in [0.15, 0.2) is 107 Å². The first kappa shape index (κ1) is 24.5. The highest BCUT2D eigenvalue weighted by molar-refractivity contribution is 8.04. The summed E-state index contributed by atoms with van der Waals surface area (Å²) in [4.78, 5) is 29.0. The third-order valence-corrected chi connectivity index (χ3v) is 7.03. The number of hydrogen-bond acceptors (Lipinski definition) is 3. The first-order valence-corrected chi connectivity index (χ1v) is 12.5. The molecule has 184 valence electrons. The molecular weight excluding hydrogens is 490 g/mol. The zero-order chi connectivity index (χ0) is 25.8. The van der Waals surface area contributed by atoms with Crippen molar-refractivity contribution in [1.29, 1.82) is 0 Å². The molecule has 37 heavy (non-hydrogen) atoms. The number of nitrogens with zero attached hydrogens (tertiary/aromatic N) is 1. The molecule has 1 heterocycles. The number of nitrogens with one attached hydrogen (secondary N) is 1. The van der Waals surface area contributed by atoms with E-state index in [-0.39, 0.29) is 36.5 Å². The van der Waals surface area contributed by atoms with Gasteiger partial charge in [0, 0.05) is 22.6 Å². The van der Waals surface area contributed by atoms with E-state index in [0.29, 0.717) is 16.0 Å². The SMILES string of the molecule is O=C(NCc1ccc(F)cc1)c1ccc(/C=C2\Sc3ccccc3N(Cc3ccccc3F)C2=O)cc1. The Morgan fingerprint density at radius 2 is 1.57 bits per heavy atom. The first-order valence-electron chi connectivity index (χ1n) is 11.6. The van der Waals surface area contributed by atoms with Crippen molar-refractivity contribution >= 4 is 35.3 Å². The largest absolute Gasteiger partial charge is 0.348 e. The lowest BCUT2D eigenvalue weighted by atomic mass is 10.1. The minimum atomic E-state index is -0.357. The number of amides is 2. The molecule has 0 aromatic heterocycles. The fourth-order valence-electron chi connectivity index (χ4n) is 3.98. The molecule has 0 saturated heterocycles. The summed E-state index contributed by atoms with van der Waals surface area (Å²) in [6, 6.07) is 26.9. The Hall–Kier alpha value is -4.23. The molecule has 0 aliphatic carbocycles. The van der Waals surface area contributed by atoms with Gasteiger partial charge in [-0.1, -0.05) is 66.4 Å². The van der Waals surface area contributed by atoms with Crippen molar-refractivity contribution in [3.63, 3.8) is 0 Å². The summed E-state index contributed by atoms with van der Waals surface area (Å²) in [6.45, 7) is 0.404. The molecule has 0 bridgehead atoms. The second-order valence-corrected chi connectivity index (χ2v) is 9.58. The van der Waals surface area contributed by atoms with Gasteiger partial charge in [0.15, 0.2) is 0 Å². The number of hydrogen-bond donors (Lipinski definition) is 1. The van der Waals surface area contributed by atoms with E-state index in [0.717, 1.165) is 21.7 Å². The van der Waals surface area contributed by atoms with Crippen molar-refractivity contribution in [2.24, 2.45) is 0 Å². The van der Waals surface area contributed by atoms with Crippen LogP contribution in [-0.2, 0) is 17.9 Å². The fraction of sp³-hybridized carbons (Fsp3) is 0.0667. The van der Waals surface area contributed by atoms with Gasteiger partial charge in [0.05, 0.1) is 17.1 Å². The molecule has 1 aliphatic heterocycles. The molecular formula is C30H22F2N2O2S. The van der Waals surface area contributed by atoms with Crippen LogP contribution in [0, 0.1) is 11.6 Å². The normalized spacial score (nSPS) is 13.9. The van der Waals surface area contributed by atoms with Crippen molar-refractivity contribution in [3.05, 3.63) is 136 Å². The number of halogens is 2. The maximum Gasteiger partial charge on any atom is 0.265 e. The van der Waals surface area contributed by atoms with Gasteiger partial charge in [-0.2, -0.15) is 0 Å². The van der Waals surface area contributed by atoms with Crippen LogP contribution in [0.5, 0.6) is 0 Å². The minimum Gasteiger partial charge on any atom is -0.348 e. The van der Waals surface area contributed by atoms with Gasteiger partial charge >= 0.3 is 0 Å². The molecule has 7 heteroatoms. The molecule has 1 aliphatic rings. The highest BCUT2D eigenvalue weighted by Gasteiger charge is 2.29. The third kappa shape index (κ3) is 5.62. The molecule has 0 atom stereocenters. The smallest absolute Gasteiger partial charge is 0.265 e. The molecule has 2 amide bonds. The van der Waals surface area contributed by atoms with Crippen LogP contribution < -0.4 is 10.2 Å². The minimum absolute atomic E-state index is 0.119. The lowest BCUT2D eigenvalue weighted by molar-refractivity contribution is -0.114. The van der Waals surface area contributed by atoms with E-state index in [4.69, 9.17) is 0 Å². The van der Waals surface area contributed by atoms with E-state index < -0.39 is 0 Å². The molecule has 0 fully saturated rings. The van der Waals surface area contributed by atoms with Gasteiger partial charge in [-0.3, -0.25) is 9.59 Å². The molecule has 0 radical (unpaired) electrons. The van der Waals surface area contributed by atoms with E-state index in [1.165, 1.54) is 30.0 Å². The number of anilines is 1. The summed E-state index contributed by atoms with van der Waals surface area (Å²) in [5, 5.41) is 2.81. The number of benzene rings is 4. The van der Waals surface area contributed by atoms with Gasteiger partial charge < -0.3 is 10.2 Å². The Kier molecular flexibility index (Phi) is 7.14. The van der Waals surface area contributed by atoms with E-state index in [2.05, 4.69) is 5.32 Å². The predicted octanol–water partition coefficient (Wildman–Crippen LogP) is 6.57. The number of rotatable bonds is 6. The van der Waals surface area contributed by atoms with Crippen LogP contribution in [0.1, 0.15) is 27.0 Å². The van der Waals surface area contributed by atoms with Crippen LogP contribution in [0.2, 0.25) is 0 Å². The maximum atomic E-state index is 14.4. The lowest BCUT2D eigenvalue weighted by Gasteiger charge is -2.30. The second kappa shape index (κ2) is 10.8. The number of thioether (sulfide) groups is 1. The molecule has 0 spiro atoms. The van der Waals surface area contributed by atoms with Crippen molar-refractivity contribution in [1.82, 2.24) is 5.32 Å². The van der Waals surface area contributed by atoms with Gasteiger partial charge in [-0.15, -0.1) is 0 Å². The summed E-state index contributed by atoms with van der Waals surface area (Å²) < 4.78 is 27.4. The molecule has 0 saturated carbocycles. The summed E-state index contributed by atoms with van der Waals surface area (Å²) in [7, 11) is 0. The van der Waals surface area contributed by atoms with Gasteiger partial charge in [0.1, 0.15) is 11.6 Å². The first-order chi connectivity index (χ1) is 18.0. The topological polar surface area (TPSA) is 49.4 Å². The molecule has 4 aromatic rings. The average molecular weight is 513 g/mol. The second-order valence-electron chi connectivity index (χ2n) is 8.49. The van der Waals surface area contributed by atoms with Gasteiger partial charge in [-0.25, -0.2) is 8.78 Å². The van der Waals surface area contributed by atoms with Crippen LogP contribution in [0.4, 0.5) is 14.5 Å². The quantitative estimate of drug-likeness (QED) is 0.297. The Labute approximate surface area is 217 Å². The Morgan fingerprint density at radius 3 is 2.32 bits per heavy atom. The van der Waals surface area contributed by atoms with Gasteiger partial charge in [-0.05, 0) is 59.7 Å². The molecule has 1 N–H and O–H groups in total. The summed E-state index contributed by atoms with van der Waals surface area (Å²) in [6.07, 6.45) is 1.78. The summed E-state index contributed by atoms with van der Waals surface area (Å²) in [5.74, 6) is -1.15. The molecule has 5 rings (SSSR count). The van der Waals surface area contributed by atoms with Crippen LogP contribution >= 0.6 is 11.8 Å². The highest BCUT2D eigenvalue weighted by Crippen LogP contribution is 2.42. The molecule has 4 nitrogen and oxygen atoms in total. The number of carbonyl (C=O) groups is 2. The monoisotopic (exact) mass is 512 g/mol. The van der Waals surface area contributed by atoms with E-state index in [9.17, 15) is 18.4 Å². The van der Waals surface area contributed by atoms with Crippen molar-refractivity contribution < 1.29 is 18.4 Å². The van der Waals surface area contributed by atoms with E-state index in [1.807, 2.05) is 24.3 Å². The zero-order valence-electron chi connectivity index (χ0n) is 19.7. The highest BCUT2D eigenvalue weighted by atomic mass is 32.2. The van der Waals surface area contributed by atoms with Crippen LogP contribution in [-0.4, -0.2) is 11.8 Å². The Bertz CT molecular complexity index is 1480. The number of para-hydroxylation sites is 1. The van der Waals surface area contributed by atoms with E-state index >= 15 is 0 Å². The van der Waals surface area contributed by atoms with Crippen LogP contribution in [0.3, 0.4) is 0 Å². The number of carbonyl (C=O) groups excluding carboxylic acids is 2. The molecule has 4 aromatic carbocycles. The fourth-order valence-corrected chi connectivity index (χ4v) is 5.04. The zero-order valence-corrected chi connectivity index (χ0v) is 20.5. The van der Waals surface area contributed by atoms with Crippen molar-refractivity contribution in [2.75, 3.05) is 4.90 Å². The van der Waals surface area contributed by atoms with Gasteiger partial charge in [0.2, 0.25) is 0 Å². The standard InChI is InChI=1S/C30H22F2N2O2S/c31-24-15-11-21(12-16-24)18-33-29(35)22-13-9-20(10-14-22)17-28-30(36)34(19-23-5-1-2-6-25(23)32)26-7-3-4-8-27(26)37-28/h1-17H,18-19H2,(H,33,35)/b28-17-. The lowest BCUT2D eigenvalue weighted by Crippen LogP contribution is -2.34. The van der Waals surface area contributed by atoms with Crippen LogP contribution in [0.25, 0.3) is 6.08 Å². The Morgan fingerprint density at radius 1 is 0.865 bits per heavy atom. The third-order valence-electron chi connectivity index (χ3n) is 5.96. The predicted molar refractivity (Wildman–Crippen MR) is 142 cm³/mol. The van der Waals surface area contributed by atoms with Gasteiger partial charge in [0.25, 0.3) is 11.8 Å². The van der Waals surface area contributed by atoms with Crippen molar-refractivity contribution in [3.8, 4) is 0 Å². The average Bonchev–Trinajstić information content (AvgIpc) is 2.92. The summed E-state index contributed by atoms with van der Waals surface area (Å²) in [5.41, 5.74) is 3.21. The van der Waals surface area contributed by atoms with Crippen molar-refractivity contribution in [2.45, 2.75) is 18.0 Å². The summed E-state index contributed by atoms with van der Waals surface area (Å²) >= 11 is 1.37. The Balaban J connectivity index is 1.33. The van der Waals surface area contributed by atoms with E-state index in [1.54, 1.807) is 65.6 Å². The maximum absolute atomic E-state index is 14.4. The number of fused-ring (bicyclic) bond motifs is 1. The molecule has 0 unspecified atom stereocenters.